The third kappa shape index (κ3) is 3.65. The number of halogens is 2. The Morgan fingerprint density at radius 1 is 0.952 bits per heavy atom. The van der Waals surface area contributed by atoms with Crippen molar-refractivity contribution in [2.24, 2.45) is 0 Å². The summed E-state index contributed by atoms with van der Waals surface area (Å²) in [7, 11) is -3.76. The van der Waals surface area contributed by atoms with Crippen LogP contribution < -0.4 is 4.72 Å². The van der Waals surface area contributed by atoms with E-state index in [9.17, 15) is 17.2 Å². The second-order valence-electron chi connectivity index (χ2n) is 4.82. The highest BCUT2D eigenvalue weighted by atomic mass is 32.2. The Hall–Kier alpha value is -1.79. The molecule has 0 bridgehead atoms. The molecule has 2 aromatic carbocycles. The number of rotatable bonds is 4. The van der Waals surface area contributed by atoms with E-state index in [0.717, 1.165) is 0 Å². The molecule has 21 heavy (non-hydrogen) atoms. The van der Waals surface area contributed by atoms with Gasteiger partial charge in [0, 0.05) is 6.54 Å². The van der Waals surface area contributed by atoms with E-state index >= 15 is 0 Å². The molecular formula is C15H15F2NO2S. The number of aryl methyl sites for hydroxylation is 2. The quantitative estimate of drug-likeness (QED) is 0.943. The van der Waals surface area contributed by atoms with Crippen molar-refractivity contribution < 1.29 is 17.2 Å². The molecule has 0 radical (unpaired) electrons. The highest BCUT2D eigenvalue weighted by Crippen LogP contribution is 2.21. The van der Waals surface area contributed by atoms with Gasteiger partial charge in [-0.1, -0.05) is 12.1 Å². The van der Waals surface area contributed by atoms with Crippen molar-refractivity contribution in [3.63, 3.8) is 0 Å². The minimum atomic E-state index is -3.76. The highest BCUT2D eigenvalue weighted by molar-refractivity contribution is 7.89. The first-order valence-electron chi connectivity index (χ1n) is 6.30. The van der Waals surface area contributed by atoms with Crippen LogP contribution in [0.25, 0.3) is 0 Å². The van der Waals surface area contributed by atoms with Crippen LogP contribution in [0.15, 0.2) is 41.3 Å². The zero-order valence-electron chi connectivity index (χ0n) is 11.7. The van der Waals surface area contributed by atoms with Crippen LogP contribution in [-0.2, 0) is 16.6 Å². The molecule has 0 unspecified atom stereocenters. The predicted molar refractivity (Wildman–Crippen MR) is 76.3 cm³/mol. The van der Waals surface area contributed by atoms with Crippen molar-refractivity contribution in [1.82, 2.24) is 4.72 Å². The standard InChI is InChI=1S/C15H15F2NO2S/c1-10-7-14(17)8-11(2)15(10)21(19,20)18-9-12-3-5-13(16)6-4-12/h3-8,18H,9H2,1-2H3. The topological polar surface area (TPSA) is 46.2 Å². The van der Waals surface area contributed by atoms with Crippen molar-refractivity contribution in [3.05, 3.63) is 64.7 Å². The smallest absolute Gasteiger partial charge is 0.207 e. The fraction of sp³-hybridized carbons (Fsp3) is 0.200. The van der Waals surface area contributed by atoms with Crippen LogP contribution in [0.4, 0.5) is 8.78 Å². The molecule has 0 heterocycles. The summed E-state index contributed by atoms with van der Waals surface area (Å²) in [5.74, 6) is -0.852. The van der Waals surface area contributed by atoms with Gasteiger partial charge in [-0.2, -0.15) is 0 Å². The molecule has 2 aromatic rings. The van der Waals surface area contributed by atoms with Crippen LogP contribution in [-0.4, -0.2) is 8.42 Å². The van der Waals surface area contributed by atoms with Gasteiger partial charge >= 0.3 is 0 Å². The molecule has 0 aliphatic rings. The van der Waals surface area contributed by atoms with Gasteiger partial charge in [-0.3, -0.25) is 0 Å². The van der Waals surface area contributed by atoms with Crippen molar-refractivity contribution >= 4 is 10.0 Å². The van der Waals surface area contributed by atoms with E-state index in [-0.39, 0.29) is 17.3 Å². The van der Waals surface area contributed by atoms with Crippen LogP contribution in [0.3, 0.4) is 0 Å². The van der Waals surface area contributed by atoms with Gasteiger partial charge in [-0.05, 0) is 54.8 Å². The molecular weight excluding hydrogens is 296 g/mol. The molecule has 0 amide bonds. The first-order valence-corrected chi connectivity index (χ1v) is 7.79. The van der Waals surface area contributed by atoms with E-state index in [1.165, 1.54) is 36.4 Å². The van der Waals surface area contributed by atoms with E-state index in [4.69, 9.17) is 0 Å². The van der Waals surface area contributed by atoms with Gasteiger partial charge in [0.15, 0.2) is 0 Å². The molecule has 3 nitrogen and oxygen atoms in total. The van der Waals surface area contributed by atoms with E-state index in [2.05, 4.69) is 4.72 Å². The van der Waals surface area contributed by atoms with E-state index in [1.807, 2.05) is 0 Å². The number of sulfonamides is 1. The maximum Gasteiger partial charge on any atom is 0.241 e. The summed E-state index contributed by atoms with van der Waals surface area (Å²) in [6.07, 6.45) is 0. The maximum absolute atomic E-state index is 13.2. The molecule has 0 aromatic heterocycles. The van der Waals surface area contributed by atoms with E-state index in [1.54, 1.807) is 13.8 Å². The molecule has 0 atom stereocenters. The van der Waals surface area contributed by atoms with Crippen LogP contribution in [0.5, 0.6) is 0 Å². The Labute approximate surface area is 122 Å². The molecule has 0 saturated carbocycles. The van der Waals surface area contributed by atoms with Gasteiger partial charge in [-0.15, -0.1) is 0 Å². The van der Waals surface area contributed by atoms with E-state index in [0.29, 0.717) is 16.7 Å². The molecule has 0 aliphatic heterocycles. The van der Waals surface area contributed by atoms with E-state index < -0.39 is 15.8 Å². The highest BCUT2D eigenvalue weighted by Gasteiger charge is 2.20. The monoisotopic (exact) mass is 311 g/mol. The first kappa shape index (κ1) is 15.6. The largest absolute Gasteiger partial charge is 0.241 e. The average molecular weight is 311 g/mol. The van der Waals surface area contributed by atoms with Crippen LogP contribution in [0, 0.1) is 25.5 Å². The summed E-state index contributed by atoms with van der Waals surface area (Å²) in [6, 6.07) is 7.89. The van der Waals surface area contributed by atoms with Crippen LogP contribution >= 0.6 is 0 Å². The normalized spacial score (nSPS) is 11.6. The summed E-state index contributed by atoms with van der Waals surface area (Å²) in [5.41, 5.74) is 1.33. The lowest BCUT2D eigenvalue weighted by atomic mass is 10.1. The van der Waals surface area contributed by atoms with Crippen LogP contribution in [0.2, 0.25) is 0 Å². The van der Waals surface area contributed by atoms with Crippen molar-refractivity contribution in [2.75, 3.05) is 0 Å². The van der Waals surface area contributed by atoms with Crippen LogP contribution in [0.1, 0.15) is 16.7 Å². The second kappa shape index (κ2) is 5.91. The zero-order valence-corrected chi connectivity index (χ0v) is 12.5. The molecule has 0 aliphatic carbocycles. The Morgan fingerprint density at radius 3 is 2.00 bits per heavy atom. The molecule has 0 saturated heterocycles. The summed E-state index contributed by atoms with van der Waals surface area (Å²) in [6.45, 7) is 3.13. The third-order valence-electron chi connectivity index (χ3n) is 3.07. The summed E-state index contributed by atoms with van der Waals surface area (Å²) >= 11 is 0. The lowest BCUT2D eigenvalue weighted by Gasteiger charge is -2.12. The lowest BCUT2D eigenvalue weighted by Crippen LogP contribution is -2.25. The fourth-order valence-electron chi connectivity index (χ4n) is 2.17. The van der Waals surface area contributed by atoms with Gasteiger partial charge in [0.25, 0.3) is 0 Å². The number of hydrogen-bond acceptors (Lipinski definition) is 2. The van der Waals surface area contributed by atoms with Crippen molar-refractivity contribution in [1.29, 1.82) is 0 Å². The van der Waals surface area contributed by atoms with Gasteiger partial charge in [-0.25, -0.2) is 21.9 Å². The number of benzene rings is 2. The molecule has 1 N–H and O–H groups in total. The lowest BCUT2D eigenvalue weighted by molar-refractivity contribution is 0.578. The van der Waals surface area contributed by atoms with Crippen molar-refractivity contribution in [2.45, 2.75) is 25.3 Å². The summed E-state index contributed by atoms with van der Waals surface area (Å²) in [5, 5.41) is 0. The SMILES string of the molecule is Cc1cc(F)cc(C)c1S(=O)(=O)NCc1ccc(F)cc1. The Kier molecular flexibility index (Phi) is 4.39. The second-order valence-corrected chi connectivity index (χ2v) is 6.52. The molecule has 2 rings (SSSR count). The van der Waals surface area contributed by atoms with Gasteiger partial charge in [0.2, 0.25) is 10.0 Å². The van der Waals surface area contributed by atoms with Gasteiger partial charge < -0.3 is 0 Å². The third-order valence-corrected chi connectivity index (χ3v) is 4.78. The Bertz CT molecular complexity index is 733. The first-order chi connectivity index (χ1) is 9.79. The fourth-order valence-corrected chi connectivity index (χ4v) is 3.64. The van der Waals surface area contributed by atoms with Gasteiger partial charge in [0.1, 0.15) is 11.6 Å². The Morgan fingerprint density at radius 2 is 1.48 bits per heavy atom. The average Bonchev–Trinajstić information content (AvgIpc) is 2.36. The Balaban J connectivity index is 2.25. The maximum atomic E-state index is 13.2. The predicted octanol–water partition coefficient (Wildman–Crippen LogP) is 3.06. The molecule has 0 spiro atoms. The molecule has 6 heteroatoms. The number of nitrogens with one attached hydrogen (secondary N) is 1. The minimum absolute atomic E-state index is 0.0405. The molecule has 112 valence electrons. The van der Waals surface area contributed by atoms with Gasteiger partial charge in [0.05, 0.1) is 4.90 Å². The zero-order chi connectivity index (χ0) is 15.6. The summed E-state index contributed by atoms with van der Waals surface area (Å²) < 4.78 is 53.1. The molecule has 0 fully saturated rings. The summed E-state index contributed by atoms with van der Waals surface area (Å²) in [4.78, 5) is 0.0750. The van der Waals surface area contributed by atoms with Crippen molar-refractivity contribution in [3.8, 4) is 0 Å². The number of hydrogen-bond donors (Lipinski definition) is 1. The minimum Gasteiger partial charge on any atom is -0.207 e.